The van der Waals surface area contributed by atoms with Crippen LogP contribution in [0, 0.1) is 6.92 Å². The molecule has 6 N–H and O–H groups in total. The third-order valence-corrected chi connectivity index (χ3v) is 3.01. The summed E-state index contributed by atoms with van der Waals surface area (Å²) in [5.41, 5.74) is 13.5. The van der Waals surface area contributed by atoms with E-state index in [1.807, 2.05) is 31.2 Å². The van der Waals surface area contributed by atoms with E-state index in [2.05, 4.69) is 15.3 Å². The number of benzene rings is 1. The van der Waals surface area contributed by atoms with Gasteiger partial charge in [0.2, 0.25) is 0 Å². The van der Waals surface area contributed by atoms with Gasteiger partial charge in [0, 0.05) is 17.4 Å². The molecule has 0 fully saturated rings. The van der Waals surface area contributed by atoms with E-state index in [0.29, 0.717) is 18.8 Å². The van der Waals surface area contributed by atoms with E-state index in [4.69, 9.17) is 11.5 Å². The number of carbonyl (C=O) groups excluding carboxylic acids is 1. The van der Waals surface area contributed by atoms with Crippen LogP contribution in [0.4, 0.5) is 0 Å². The molecule has 1 aromatic heterocycles. The Morgan fingerprint density at radius 2 is 2.25 bits per heavy atom. The van der Waals surface area contributed by atoms with Gasteiger partial charge >= 0.3 is 0 Å². The van der Waals surface area contributed by atoms with Crippen LogP contribution in [-0.2, 0) is 0 Å². The van der Waals surface area contributed by atoms with Crippen LogP contribution in [0.2, 0.25) is 0 Å². The highest BCUT2D eigenvalue weighted by atomic mass is 16.2. The second-order valence-corrected chi connectivity index (χ2v) is 4.58. The summed E-state index contributed by atoms with van der Waals surface area (Å²) in [6.07, 6.45) is 0.738. The third-order valence-electron chi connectivity index (χ3n) is 3.01. The van der Waals surface area contributed by atoms with Crippen molar-refractivity contribution in [3.63, 3.8) is 0 Å². The second kappa shape index (κ2) is 6.21. The Morgan fingerprint density at radius 1 is 1.45 bits per heavy atom. The average molecular weight is 273 g/mol. The molecule has 1 aromatic carbocycles. The van der Waals surface area contributed by atoms with Crippen molar-refractivity contribution in [2.24, 2.45) is 16.5 Å². The minimum atomic E-state index is -0.297. The van der Waals surface area contributed by atoms with Gasteiger partial charge in [-0.3, -0.25) is 15.1 Å². The molecule has 2 rings (SSSR count). The molecule has 1 amide bonds. The summed E-state index contributed by atoms with van der Waals surface area (Å²) in [5, 5.41) is 3.58. The summed E-state index contributed by atoms with van der Waals surface area (Å²) >= 11 is 0. The standard InChI is InChI=1S/C14H19N5O/c1-9-4-2-5-11-10(9)8-12(18-11)13(20)19-14(16)17-7-3-6-15/h2,4-5,8,18H,3,6-7,15H2,1H3,(H3,16,17,19,20). The smallest absolute Gasteiger partial charge is 0.274 e. The molecule has 0 unspecified atom stereocenters. The first-order valence-electron chi connectivity index (χ1n) is 6.51. The van der Waals surface area contributed by atoms with E-state index in [9.17, 15) is 4.79 Å². The molecule has 0 bridgehead atoms. The number of H-pyrrole nitrogens is 1. The number of nitrogens with two attached hydrogens (primary N) is 2. The van der Waals surface area contributed by atoms with Crippen LogP contribution in [0.5, 0.6) is 0 Å². The largest absolute Gasteiger partial charge is 0.370 e. The van der Waals surface area contributed by atoms with Crippen molar-refractivity contribution >= 4 is 22.8 Å². The minimum absolute atomic E-state index is 0.110. The van der Waals surface area contributed by atoms with Crippen LogP contribution in [0.1, 0.15) is 22.5 Å². The fourth-order valence-electron chi connectivity index (χ4n) is 1.94. The lowest BCUT2D eigenvalue weighted by atomic mass is 10.1. The van der Waals surface area contributed by atoms with Gasteiger partial charge in [-0.05, 0) is 37.6 Å². The molecule has 106 valence electrons. The molecule has 20 heavy (non-hydrogen) atoms. The first-order chi connectivity index (χ1) is 9.61. The molecule has 0 atom stereocenters. The van der Waals surface area contributed by atoms with Crippen molar-refractivity contribution in [3.05, 3.63) is 35.5 Å². The highest BCUT2D eigenvalue weighted by molar-refractivity contribution is 6.06. The number of hydrogen-bond acceptors (Lipinski definition) is 3. The van der Waals surface area contributed by atoms with Crippen molar-refractivity contribution in [1.29, 1.82) is 0 Å². The van der Waals surface area contributed by atoms with Crippen LogP contribution in [0.15, 0.2) is 29.3 Å². The lowest BCUT2D eigenvalue weighted by molar-refractivity contribution is 0.0972. The number of hydrogen-bond donors (Lipinski definition) is 4. The molecule has 0 aliphatic heterocycles. The molecule has 2 aromatic rings. The first kappa shape index (κ1) is 14.1. The van der Waals surface area contributed by atoms with Gasteiger partial charge in [-0.1, -0.05) is 12.1 Å². The maximum Gasteiger partial charge on any atom is 0.274 e. The predicted octanol–water partition coefficient (Wildman–Crippen LogP) is 0.870. The van der Waals surface area contributed by atoms with E-state index < -0.39 is 0 Å². The molecule has 0 saturated carbocycles. The maximum absolute atomic E-state index is 12.0. The number of amides is 1. The first-order valence-corrected chi connectivity index (χ1v) is 6.51. The van der Waals surface area contributed by atoms with Gasteiger partial charge in [0.25, 0.3) is 5.91 Å². The Bertz CT molecular complexity index is 644. The number of guanidine groups is 1. The second-order valence-electron chi connectivity index (χ2n) is 4.58. The van der Waals surface area contributed by atoms with Gasteiger partial charge in [-0.15, -0.1) is 0 Å². The summed E-state index contributed by atoms with van der Waals surface area (Å²) in [4.78, 5) is 19.1. The van der Waals surface area contributed by atoms with Gasteiger partial charge in [0.05, 0.1) is 0 Å². The van der Waals surface area contributed by atoms with Crippen LogP contribution in [-0.4, -0.2) is 29.9 Å². The van der Waals surface area contributed by atoms with Crippen molar-refractivity contribution in [1.82, 2.24) is 10.3 Å². The summed E-state index contributed by atoms with van der Waals surface area (Å²) < 4.78 is 0. The molecule has 0 aliphatic carbocycles. The fourth-order valence-corrected chi connectivity index (χ4v) is 1.94. The fraction of sp³-hybridized carbons (Fsp3) is 0.286. The SMILES string of the molecule is Cc1cccc2[nH]c(C(=O)NC(N)=NCCCN)cc12. The van der Waals surface area contributed by atoms with Gasteiger partial charge < -0.3 is 16.5 Å². The summed E-state index contributed by atoms with van der Waals surface area (Å²) in [6, 6.07) is 7.68. The summed E-state index contributed by atoms with van der Waals surface area (Å²) in [7, 11) is 0. The molecular weight excluding hydrogens is 254 g/mol. The molecule has 1 heterocycles. The molecule has 6 heteroatoms. The Morgan fingerprint density at radius 3 is 2.95 bits per heavy atom. The monoisotopic (exact) mass is 273 g/mol. The number of aromatic nitrogens is 1. The zero-order valence-electron chi connectivity index (χ0n) is 11.4. The number of rotatable bonds is 4. The van der Waals surface area contributed by atoms with Crippen LogP contribution >= 0.6 is 0 Å². The quantitative estimate of drug-likeness (QED) is 0.377. The van der Waals surface area contributed by atoms with E-state index in [1.165, 1.54) is 0 Å². The maximum atomic E-state index is 12.0. The van der Waals surface area contributed by atoms with E-state index in [-0.39, 0.29) is 11.9 Å². The van der Waals surface area contributed by atoms with Crippen molar-refractivity contribution < 1.29 is 4.79 Å². The Kier molecular flexibility index (Phi) is 4.37. The number of carbonyl (C=O) groups is 1. The molecule has 0 spiro atoms. The lowest BCUT2D eigenvalue weighted by Crippen LogP contribution is -2.37. The third kappa shape index (κ3) is 3.16. The Labute approximate surface area is 117 Å². The number of nitrogens with one attached hydrogen (secondary N) is 2. The van der Waals surface area contributed by atoms with Crippen LogP contribution in [0.25, 0.3) is 10.9 Å². The highest BCUT2D eigenvalue weighted by Crippen LogP contribution is 2.18. The number of nitrogens with zero attached hydrogens (tertiary/aromatic N) is 1. The summed E-state index contributed by atoms with van der Waals surface area (Å²) in [6.45, 7) is 3.06. The van der Waals surface area contributed by atoms with Crippen molar-refractivity contribution in [2.45, 2.75) is 13.3 Å². The van der Waals surface area contributed by atoms with Gasteiger partial charge in [0.15, 0.2) is 5.96 Å². The Balaban J connectivity index is 2.11. The summed E-state index contributed by atoms with van der Waals surface area (Å²) in [5.74, 6) is -0.187. The van der Waals surface area contributed by atoms with Crippen molar-refractivity contribution in [2.75, 3.05) is 13.1 Å². The zero-order chi connectivity index (χ0) is 14.5. The molecule has 0 saturated heterocycles. The van der Waals surface area contributed by atoms with Crippen LogP contribution < -0.4 is 16.8 Å². The number of aryl methyl sites for hydroxylation is 1. The average Bonchev–Trinajstić information content (AvgIpc) is 2.84. The molecule has 6 nitrogen and oxygen atoms in total. The molecular formula is C14H19N5O. The van der Waals surface area contributed by atoms with Crippen molar-refractivity contribution in [3.8, 4) is 0 Å². The number of aromatic amines is 1. The van der Waals surface area contributed by atoms with E-state index in [0.717, 1.165) is 22.9 Å². The molecule has 0 radical (unpaired) electrons. The van der Waals surface area contributed by atoms with Gasteiger partial charge in [-0.25, -0.2) is 0 Å². The minimum Gasteiger partial charge on any atom is -0.370 e. The number of fused-ring (bicyclic) bond motifs is 1. The zero-order valence-corrected chi connectivity index (χ0v) is 11.4. The predicted molar refractivity (Wildman–Crippen MR) is 80.7 cm³/mol. The lowest BCUT2D eigenvalue weighted by Gasteiger charge is -2.02. The Hall–Kier alpha value is -2.34. The highest BCUT2D eigenvalue weighted by Gasteiger charge is 2.11. The van der Waals surface area contributed by atoms with Gasteiger partial charge in [0.1, 0.15) is 5.69 Å². The van der Waals surface area contributed by atoms with Gasteiger partial charge in [-0.2, -0.15) is 0 Å². The van der Waals surface area contributed by atoms with E-state index in [1.54, 1.807) is 0 Å². The molecule has 0 aliphatic rings. The normalized spacial score (nSPS) is 11.8. The topological polar surface area (TPSA) is 109 Å². The van der Waals surface area contributed by atoms with Crippen LogP contribution in [0.3, 0.4) is 0 Å². The van der Waals surface area contributed by atoms with E-state index >= 15 is 0 Å². The number of aliphatic imine (C=N–C) groups is 1.